The van der Waals surface area contributed by atoms with E-state index in [1.54, 1.807) is 47.4 Å². The molecule has 0 bridgehead atoms. The summed E-state index contributed by atoms with van der Waals surface area (Å²) < 4.78 is 19.4. The Kier molecular flexibility index (Phi) is 8.43. The molecule has 3 aromatic carbocycles. The van der Waals surface area contributed by atoms with Gasteiger partial charge in [0, 0.05) is 18.1 Å². The van der Waals surface area contributed by atoms with Gasteiger partial charge in [-0.05, 0) is 41.0 Å². The third-order valence-corrected chi connectivity index (χ3v) is 6.48. The molecule has 37 heavy (non-hydrogen) atoms. The number of aliphatic carboxylic acids is 1. The molecule has 1 aliphatic heterocycles. The Labute approximate surface area is 223 Å². The van der Waals surface area contributed by atoms with Gasteiger partial charge in [-0.25, -0.2) is 4.39 Å². The molecule has 0 saturated carbocycles. The molecule has 0 unspecified atom stereocenters. The van der Waals surface area contributed by atoms with Gasteiger partial charge >= 0.3 is 5.97 Å². The Hall–Kier alpha value is -3.46. The highest BCUT2D eigenvalue weighted by Crippen LogP contribution is 2.33. The van der Waals surface area contributed by atoms with E-state index in [9.17, 15) is 23.9 Å². The minimum atomic E-state index is -1.24. The van der Waals surface area contributed by atoms with E-state index < -0.39 is 36.4 Å². The molecule has 1 aliphatic rings. The lowest BCUT2D eigenvalue weighted by atomic mass is 9.95. The zero-order valence-electron chi connectivity index (χ0n) is 19.5. The molecule has 3 aromatic rings. The van der Waals surface area contributed by atoms with Gasteiger partial charge in [-0.15, -0.1) is 0 Å². The van der Waals surface area contributed by atoms with Crippen molar-refractivity contribution >= 4 is 41.0 Å². The van der Waals surface area contributed by atoms with Crippen LogP contribution in [0.4, 0.5) is 4.39 Å². The number of amides is 2. The zero-order valence-corrected chi connectivity index (χ0v) is 21.0. The van der Waals surface area contributed by atoms with Gasteiger partial charge in [0.1, 0.15) is 19.0 Å². The molecule has 1 heterocycles. The van der Waals surface area contributed by atoms with Gasteiger partial charge < -0.3 is 19.6 Å². The normalized spacial score (nSPS) is 17.5. The highest BCUT2D eigenvalue weighted by molar-refractivity contribution is 6.31. The molecular weight excluding hydrogens is 522 g/mol. The van der Waals surface area contributed by atoms with Gasteiger partial charge in [0.05, 0.1) is 11.1 Å². The van der Waals surface area contributed by atoms with Crippen molar-refractivity contribution in [3.63, 3.8) is 0 Å². The van der Waals surface area contributed by atoms with Crippen molar-refractivity contribution in [2.24, 2.45) is 0 Å². The Morgan fingerprint density at radius 2 is 1.78 bits per heavy atom. The molecule has 2 amide bonds. The lowest BCUT2D eigenvalue weighted by Gasteiger charge is -2.42. The van der Waals surface area contributed by atoms with Crippen LogP contribution in [0, 0.1) is 5.82 Å². The molecule has 0 aliphatic carbocycles. The molecular formula is C27H23Cl2FN2O5. The highest BCUT2D eigenvalue weighted by Gasteiger charge is 2.43. The van der Waals surface area contributed by atoms with Crippen LogP contribution >= 0.6 is 23.2 Å². The average Bonchev–Trinajstić information content (AvgIpc) is 2.87. The maximum atomic E-state index is 13.8. The molecule has 1 N–H and O–H groups in total. The lowest BCUT2D eigenvalue weighted by Crippen LogP contribution is -2.55. The Balaban J connectivity index is 1.69. The minimum Gasteiger partial charge on any atom is -0.480 e. The maximum Gasteiger partial charge on any atom is 0.323 e. The second kappa shape index (κ2) is 11.7. The van der Waals surface area contributed by atoms with E-state index >= 15 is 0 Å². The van der Waals surface area contributed by atoms with Crippen LogP contribution in [0.15, 0.2) is 72.8 Å². The summed E-state index contributed by atoms with van der Waals surface area (Å²) in [6, 6.07) is 19.1. The lowest BCUT2D eigenvalue weighted by molar-refractivity contribution is -0.172. The molecule has 192 valence electrons. The number of benzene rings is 3. The molecule has 0 spiro atoms. The van der Waals surface area contributed by atoms with Gasteiger partial charge in [-0.3, -0.25) is 14.4 Å². The average molecular weight is 545 g/mol. The summed E-state index contributed by atoms with van der Waals surface area (Å²) in [5.74, 6) is -2.81. The maximum absolute atomic E-state index is 13.8. The van der Waals surface area contributed by atoms with E-state index in [0.717, 1.165) is 16.5 Å². The van der Waals surface area contributed by atoms with Gasteiger partial charge in [0.15, 0.2) is 6.10 Å². The number of carboxylic acid groups (broad SMARTS) is 1. The quantitative estimate of drug-likeness (QED) is 0.443. The summed E-state index contributed by atoms with van der Waals surface area (Å²) in [5, 5.41) is 9.87. The predicted molar refractivity (Wildman–Crippen MR) is 135 cm³/mol. The molecule has 0 radical (unpaired) electrons. The van der Waals surface area contributed by atoms with Crippen LogP contribution < -0.4 is 0 Å². The largest absolute Gasteiger partial charge is 0.480 e. The summed E-state index contributed by atoms with van der Waals surface area (Å²) >= 11 is 12.0. The van der Waals surface area contributed by atoms with Crippen LogP contribution in [0.25, 0.3) is 0 Å². The Bertz CT molecular complexity index is 1310. The van der Waals surface area contributed by atoms with Crippen LogP contribution in [-0.2, 0) is 32.2 Å². The number of ether oxygens (including phenoxy) is 1. The summed E-state index contributed by atoms with van der Waals surface area (Å²) in [5.41, 5.74) is 1.86. The number of carbonyl (C=O) groups excluding carboxylic acids is 2. The predicted octanol–water partition coefficient (Wildman–Crippen LogP) is 4.71. The third kappa shape index (κ3) is 6.46. The van der Waals surface area contributed by atoms with E-state index in [4.69, 9.17) is 27.9 Å². The molecule has 10 heteroatoms. The third-order valence-electron chi connectivity index (χ3n) is 5.95. The van der Waals surface area contributed by atoms with E-state index in [-0.39, 0.29) is 30.6 Å². The van der Waals surface area contributed by atoms with E-state index in [1.165, 1.54) is 12.1 Å². The number of morpholine rings is 1. The first kappa shape index (κ1) is 26.6. The fraction of sp³-hybridized carbons (Fsp3) is 0.222. The van der Waals surface area contributed by atoms with Crippen molar-refractivity contribution in [1.82, 2.24) is 9.80 Å². The van der Waals surface area contributed by atoms with Crippen LogP contribution in [0.1, 0.15) is 22.7 Å². The van der Waals surface area contributed by atoms with Crippen LogP contribution in [-0.4, -0.2) is 51.9 Å². The first-order valence-corrected chi connectivity index (χ1v) is 12.1. The van der Waals surface area contributed by atoms with E-state index in [0.29, 0.717) is 16.1 Å². The smallest absolute Gasteiger partial charge is 0.323 e. The van der Waals surface area contributed by atoms with Crippen molar-refractivity contribution in [3.05, 3.63) is 105 Å². The second-order valence-corrected chi connectivity index (χ2v) is 9.42. The summed E-state index contributed by atoms with van der Waals surface area (Å²) in [4.78, 5) is 41.1. The van der Waals surface area contributed by atoms with Crippen molar-refractivity contribution in [3.8, 4) is 0 Å². The van der Waals surface area contributed by atoms with Crippen LogP contribution in [0.5, 0.6) is 0 Å². The molecule has 1 saturated heterocycles. The summed E-state index contributed by atoms with van der Waals surface area (Å²) in [6.07, 6.45) is -1.19. The van der Waals surface area contributed by atoms with Gasteiger partial charge in [-0.2, -0.15) is 0 Å². The first-order chi connectivity index (χ1) is 17.7. The van der Waals surface area contributed by atoms with Gasteiger partial charge in [0.2, 0.25) is 5.91 Å². The van der Waals surface area contributed by atoms with Crippen molar-refractivity contribution in [1.29, 1.82) is 0 Å². The van der Waals surface area contributed by atoms with Crippen molar-refractivity contribution < 1.29 is 28.6 Å². The topological polar surface area (TPSA) is 87.1 Å². The molecule has 2 atom stereocenters. The summed E-state index contributed by atoms with van der Waals surface area (Å²) in [6.45, 7) is -0.964. The van der Waals surface area contributed by atoms with Gasteiger partial charge in [-0.1, -0.05) is 71.7 Å². The number of halogens is 3. The number of hydrogen-bond acceptors (Lipinski definition) is 4. The second-order valence-electron chi connectivity index (χ2n) is 8.58. The summed E-state index contributed by atoms with van der Waals surface area (Å²) in [7, 11) is 0. The minimum absolute atomic E-state index is 0.144. The Morgan fingerprint density at radius 3 is 2.46 bits per heavy atom. The van der Waals surface area contributed by atoms with Crippen molar-refractivity contribution in [2.75, 3.05) is 13.2 Å². The number of carbonyl (C=O) groups is 3. The van der Waals surface area contributed by atoms with E-state index in [1.807, 2.05) is 12.1 Å². The molecule has 7 nitrogen and oxygen atoms in total. The van der Waals surface area contributed by atoms with Gasteiger partial charge in [0.25, 0.3) is 5.91 Å². The van der Waals surface area contributed by atoms with E-state index in [2.05, 4.69) is 0 Å². The van der Waals surface area contributed by atoms with Crippen LogP contribution in [0.2, 0.25) is 10.0 Å². The van der Waals surface area contributed by atoms with Crippen molar-refractivity contribution in [2.45, 2.75) is 25.2 Å². The monoisotopic (exact) mass is 544 g/mol. The fourth-order valence-electron chi connectivity index (χ4n) is 4.30. The fourth-order valence-corrected chi connectivity index (χ4v) is 4.71. The van der Waals surface area contributed by atoms with Crippen LogP contribution in [0.3, 0.4) is 0 Å². The molecule has 1 fully saturated rings. The Morgan fingerprint density at radius 1 is 1.03 bits per heavy atom. The number of hydrogen-bond donors (Lipinski definition) is 1. The molecule has 4 rings (SSSR count). The SMILES string of the molecule is O=C(O)CN(Cc1ccc(F)c(Cl)c1)C(=O)[C@@H]1OCC(=O)N(Cc2cccc(Cl)c2)[C@@H]1c1ccccc1. The number of nitrogens with zero attached hydrogens (tertiary/aromatic N) is 2. The molecule has 0 aromatic heterocycles. The number of rotatable bonds is 8. The first-order valence-electron chi connectivity index (χ1n) is 11.4. The highest BCUT2D eigenvalue weighted by atomic mass is 35.5. The standard InChI is InChI=1S/C27H23Cl2FN2O5/c28-20-8-4-5-17(11-20)14-32-23(33)16-37-26(25(32)19-6-2-1-3-7-19)27(36)31(15-24(34)35)13-18-9-10-22(30)21(29)12-18/h1-12,25-26H,13-16H2,(H,34,35)/t25-,26-/m1/s1. The number of carboxylic acids is 1. The zero-order chi connectivity index (χ0) is 26.5.